The monoisotopic (exact) mass is 157 g/mol. The lowest BCUT2D eigenvalue weighted by atomic mass is 9.83. The van der Waals surface area contributed by atoms with Crippen LogP contribution in [0.5, 0.6) is 0 Å². The lowest BCUT2D eigenvalue weighted by molar-refractivity contribution is -0.135. The minimum Gasteiger partial charge on any atom is -0.465 e. The average molecular weight is 157 g/mol. The lowest BCUT2D eigenvalue weighted by Crippen LogP contribution is -2.41. The molecule has 0 bridgehead atoms. The summed E-state index contributed by atoms with van der Waals surface area (Å²) in [4.78, 5) is 9.98. The largest absolute Gasteiger partial charge is 0.465 e. The fourth-order valence-electron chi connectivity index (χ4n) is 1.47. The number of nitrogens with two attached hydrogens (primary N) is 1. The van der Waals surface area contributed by atoms with Gasteiger partial charge in [-0.3, -0.25) is 4.79 Å². The van der Waals surface area contributed by atoms with Crippen LogP contribution in [0, 0.1) is 0 Å². The van der Waals surface area contributed by atoms with Gasteiger partial charge in [-0.05, 0) is 32.6 Å². The van der Waals surface area contributed by atoms with Gasteiger partial charge in [0.1, 0.15) is 6.10 Å². The van der Waals surface area contributed by atoms with Crippen molar-refractivity contribution in [3.8, 4) is 0 Å². The minimum atomic E-state index is -0.0389. The highest BCUT2D eigenvalue weighted by molar-refractivity contribution is 5.37. The average Bonchev–Trinajstić information content (AvgIpc) is 1.94. The molecule has 1 aliphatic rings. The van der Waals surface area contributed by atoms with Crippen LogP contribution in [-0.2, 0) is 9.53 Å². The second-order valence-corrected chi connectivity index (χ2v) is 3.59. The van der Waals surface area contributed by atoms with E-state index in [0.717, 1.165) is 25.7 Å². The van der Waals surface area contributed by atoms with E-state index >= 15 is 0 Å². The van der Waals surface area contributed by atoms with Crippen molar-refractivity contribution in [1.29, 1.82) is 0 Å². The molecule has 3 heteroatoms. The molecule has 0 saturated heterocycles. The predicted octanol–water partition coefficient (Wildman–Crippen LogP) is 0.819. The van der Waals surface area contributed by atoms with E-state index < -0.39 is 0 Å². The Kier molecular flexibility index (Phi) is 2.49. The smallest absolute Gasteiger partial charge is 0.293 e. The van der Waals surface area contributed by atoms with Gasteiger partial charge in [-0.25, -0.2) is 0 Å². The van der Waals surface area contributed by atoms with E-state index in [1.165, 1.54) is 0 Å². The minimum absolute atomic E-state index is 0.0389. The maximum Gasteiger partial charge on any atom is 0.293 e. The van der Waals surface area contributed by atoms with Crippen LogP contribution in [-0.4, -0.2) is 18.1 Å². The standard InChI is InChI=1S/C8H15NO2/c1-8(9)4-2-7(3-5-8)11-6-10/h6-7H,2-5,9H2,1H3. The molecule has 0 aromatic rings. The predicted molar refractivity (Wildman–Crippen MR) is 42.0 cm³/mol. The van der Waals surface area contributed by atoms with Gasteiger partial charge in [0, 0.05) is 5.54 Å². The van der Waals surface area contributed by atoms with Crippen LogP contribution < -0.4 is 5.73 Å². The van der Waals surface area contributed by atoms with Gasteiger partial charge < -0.3 is 10.5 Å². The molecule has 0 aromatic heterocycles. The van der Waals surface area contributed by atoms with E-state index in [9.17, 15) is 4.79 Å². The zero-order valence-electron chi connectivity index (χ0n) is 6.88. The van der Waals surface area contributed by atoms with Gasteiger partial charge in [-0.15, -0.1) is 0 Å². The van der Waals surface area contributed by atoms with E-state index in [-0.39, 0.29) is 11.6 Å². The summed E-state index contributed by atoms with van der Waals surface area (Å²) in [5.41, 5.74) is 5.85. The van der Waals surface area contributed by atoms with Crippen molar-refractivity contribution >= 4 is 6.47 Å². The van der Waals surface area contributed by atoms with E-state index in [0.29, 0.717) is 6.47 Å². The van der Waals surface area contributed by atoms with Crippen LogP contribution in [0.15, 0.2) is 0 Å². The van der Waals surface area contributed by atoms with E-state index in [4.69, 9.17) is 10.5 Å². The summed E-state index contributed by atoms with van der Waals surface area (Å²) in [6.07, 6.45) is 3.83. The molecule has 3 nitrogen and oxygen atoms in total. The zero-order chi connectivity index (χ0) is 8.32. The summed E-state index contributed by atoms with van der Waals surface area (Å²) in [7, 11) is 0. The summed E-state index contributed by atoms with van der Waals surface area (Å²) in [5, 5.41) is 0. The maximum atomic E-state index is 9.98. The number of hydrogen-bond donors (Lipinski definition) is 1. The molecule has 64 valence electrons. The maximum absolute atomic E-state index is 9.98. The van der Waals surface area contributed by atoms with Crippen molar-refractivity contribution in [3.63, 3.8) is 0 Å². The molecule has 1 aliphatic carbocycles. The van der Waals surface area contributed by atoms with Crippen LogP contribution in [0.4, 0.5) is 0 Å². The molecule has 0 unspecified atom stereocenters. The molecule has 0 aliphatic heterocycles. The molecular weight excluding hydrogens is 142 g/mol. The Bertz CT molecular complexity index is 135. The Hall–Kier alpha value is -0.570. The second kappa shape index (κ2) is 3.22. The number of hydrogen-bond acceptors (Lipinski definition) is 3. The van der Waals surface area contributed by atoms with E-state index in [1.807, 2.05) is 6.92 Å². The fraction of sp³-hybridized carbons (Fsp3) is 0.875. The first-order chi connectivity index (χ1) is 5.14. The lowest BCUT2D eigenvalue weighted by Gasteiger charge is -2.32. The quantitative estimate of drug-likeness (QED) is 0.604. The Morgan fingerprint density at radius 1 is 1.55 bits per heavy atom. The summed E-state index contributed by atoms with van der Waals surface area (Å²) in [6.45, 7) is 2.58. The normalized spacial score (nSPS) is 38.2. The van der Waals surface area contributed by atoms with E-state index in [2.05, 4.69) is 0 Å². The van der Waals surface area contributed by atoms with Crippen molar-refractivity contribution in [2.75, 3.05) is 0 Å². The molecule has 0 radical (unpaired) electrons. The third-order valence-corrected chi connectivity index (χ3v) is 2.32. The molecule has 0 spiro atoms. The highest BCUT2D eigenvalue weighted by atomic mass is 16.5. The summed E-state index contributed by atoms with van der Waals surface area (Å²) < 4.78 is 4.84. The number of rotatable bonds is 2. The highest BCUT2D eigenvalue weighted by Crippen LogP contribution is 2.26. The van der Waals surface area contributed by atoms with Gasteiger partial charge in [0.25, 0.3) is 6.47 Å². The van der Waals surface area contributed by atoms with Gasteiger partial charge in [-0.1, -0.05) is 0 Å². The van der Waals surface area contributed by atoms with Crippen molar-refractivity contribution in [2.45, 2.75) is 44.2 Å². The van der Waals surface area contributed by atoms with Crippen molar-refractivity contribution < 1.29 is 9.53 Å². The Labute approximate surface area is 66.9 Å². The summed E-state index contributed by atoms with van der Waals surface area (Å²) in [5.74, 6) is 0. The third-order valence-electron chi connectivity index (χ3n) is 2.32. The molecule has 0 amide bonds. The molecule has 0 heterocycles. The van der Waals surface area contributed by atoms with Gasteiger partial charge in [-0.2, -0.15) is 0 Å². The molecule has 2 N–H and O–H groups in total. The SMILES string of the molecule is CC1(N)CCC(OC=O)CC1. The van der Waals surface area contributed by atoms with Crippen LogP contribution in [0.25, 0.3) is 0 Å². The summed E-state index contributed by atoms with van der Waals surface area (Å²) >= 11 is 0. The number of ether oxygens (including phenoxy) is 1. The van der Waals surface area contributed by atoms with Crippen LogP contribution in [0.3, 0.4) is 0 Å². The van der Waals surface area contributed by atoms with Gasteiger partial charge in [0.05, 0.1) is 0 Å². The van der Waals surface area contributed by atoms with Crippen LogP contribution >= 0.6 is 0 Å². The fourth-order valence-corrected chi connectivity index (χ4v) is 1.47. The second-order valence-electron chi connectivity index (χ2n) is 3.59. The first-order valence-electron chi connectivity index (χ1n) is 4.02. The third kappa shape index (κ3) is 2.50. The molecule has 0 aromatic carbocycles. The molecule has 1 fully saturated rings. The Balaban J connectivity index is 2.30. The molecule has 1 saturated carbocycles. The van der Waals surface area contributed by atoms with Crippen LogP contribution in [0.1, 0.15) is 32.6 Å². The molecule has 11 heavy (non-hydrogen) atoms. The zero-order valence-corrected chi connectivity index (χ0v) is 6.88. The molecule has 1 rings (SSSR count). The molecular formula is C8H15NO2. The first kappa shape index (κ1) is 8.53. The summed E-state index contributed by atoms with van der Waals surface area (Å²) in [6, 6.07) is 0. The molecule has 0 atom stereocenters. The van der Waals surface area contributed by atoms with Gasteiger partial charge in [0.2, 0.25) is 0 Å². The Morgan fingerprint density at radius 3 is 2.55 bits per heavy atom. The Morgan fingerprint density at radius 2 is 2.09 bits per heavy atom. The van der Waals surface area contributed by atoms with Crippen molar-refractivity contribution in [2.24, 2.45) is 5.73 Å². The topological polar surface area (TPSA) is 52.3 Å². The van der Waals surface area contributed by atoms with Crippen LogP contribution in [0.2, 0.25) is 0 Å². The highest BCUT2D eigenvalue weighted by Gasteiger charge is 2.27. The van der Waals surface area contributed by atoms with Crippen molar-refractivity contribution in [3.05, 3.63) is 0 Å². The number of carbonyl (C=O) groups excluding carboxylic acids is 1. The van der Waals surface area contributed by atoms with Crippen molar-refractivity contribution in [1.82, 2.24) is 0 Å². The first-order valence-corrected chi connectivity index (χ1v) is 4.02. The van der Waals surface area contributed by atoms with E-state index in [1.54, 1.807) is 0 Å². The number of carbonyl (C=O) groups is 1. The van der Waals surface area contributed by atoms with Gasteiger partial charge >= 0.3 is 0 Å². The van der Waals surface area contributed by atoms with Gasteiger partial charge in [0.15, 0.2) is 0 Å².